The van der Waals surface area contributed by atoms with Gasteiger partial charge in [-0.25, -0.2) is 9.97 Å². The number of anilines is 1. The van der Waals surface area contributed by atoms with E-state index in [-0.39, 0.29) is 35.0 Å². The molecule has 2 aromatic rings. The number of hydrogen-bond acceptors (Lipinski definition) is 4. The Balaban J connectivity index is 1.85. The lowest BCUT2D eigenvalue weighted by molar-refractivity contribution is -0.137. The molecule has 0 unspecified atom stereocenters. The Labute approximate surface area is 145 Å². The van der Waals surface area contributed by atoms with E-state index in [1.165, 1.54) is 18.3 Å². The number of carbonyl (C=O) groups excluding carboxylic acids is 1. The summed E-state index contributed by atoms with van der Waals surface area (Å²) in [5.41, 5.74) is -0.582. The number of amides is 1. The van der Waals surface area contributed by atoms with Gasteiger partial charge in [-0.2, -0.15) is 13.2 Å². The second kappa shape index (κ2) is 7.67. The monoisotopic (exact) mass is 378 g/mol. The molecule has 0 bridgehead atoms. The highest BCUT2D eigenvalue weighted by molar-refractivity contribution is 6.33. The standard InChI is InChI=1S/C14H11Cl2F3N4O/c15-10-6-9(14(17,18)19)7-23-12(10)21-3-4-22-13(24)8-1-2-20-11(16)5-8/h1-2,5-7H,3-4H2,(H,21,23)(H,22,24). The molecule has 0 aromatic carbocycles. The Hall–Kier alpha value is -2.06. The lowest BCUT2D eigenvalue weighted by atomic mass is 10.2. The van der Waals surface area contributed by atoms with E-state index in [0.29, 0.717) is 11.8 Å². The van der Waals surface area contributed by atoms with Crippen molar-refractivity contribution >= 4 is 34.9 Å². The van der Waals surface area contributed by atoms with Gasteiger partial charge in [-0.15, -0.1) is 0 Å². The zero-order valence-corrected chi connectivity index (χ0v) is 13.5. The van der Waals surface area contributed by atoms with Gasteiger partial charge in [0.15, 0.2) is 0 Å². The molecule has 0 aliphatic rings. The molecule has 2 rings (SSSR count). The summed E-state index contributed by atoms with van der Waals surface area (Å²) in [7, 11) is 0. The van der Waals surface area contributed by atoms with Crippen LogP contribution in [0.2, 0.25) is 10.2 Å². The maximum Gasteiger partial charge on any atom is 0.417 e. The third-order valence-electron chi connectivity index (χ3n) is 2.86. The van der Waals surface area contributed by atoms with Gasteiger partial charge in [0.1, 0.15) is 11.0 Å². The molecule has 0 saturated heterocycles. The summed E-state index contributed by atoms with van der Waals surface area (Å²) < 4.78 is 37.5. The summed E-state index contributed by atoms with van der Waals surface area (Å²) in [6.07, 6.45) is -2.41. The van der Waals surface area contributed by atoms with Gasteiger partial charge < -0.3 is 10.6 Å². The first-order valence-corrected chi connectivity index (χ1v) is 7.39. The number of nitrogens with one attached hydrogen (secondary N) is 2. The lowest BCUT2D eigenvalue weighted by Crippen LogP contribution is -2.29. The number of halogens is 5. The third-order valence-corrected chi connectivity index (χ3v) is 3.36. The first kappa shape index (κ1) is 18.3. The van der Waals surface area contributed by atoms with Crippen LogP contribution >= 0.6 is 23.2 Å². The fourth-order valence-electron chi connectivity index (χ4n) is 1.73. The van der Waals surface area contributed by atoms with Gasteiger partial charge in [0.25, 0.3) is 5.91 Å². The third kappa shape index (κ3) is 4.97. The zero-order chi connectivity index (χ0) is 17.7. The van der Waals surface area contributed by atoms with Crippen LogP contribution in [-0.4, -0.2) is 29.0 Å². The minimum atomic E-state index is -4.51. The Morgan fingerprint density at radius 3 is 2.54 bits per heavy atom. The molecule has 2 aromatic heterocycles. The van der Waals surface area contributed by atoms with E-state index in [2.05, 4.69) is 20.6 Å². The van der Waals surface area contributed by atoms with Crippen LogP contribution in [0, 0.1) is 0 Å². The fourth-order valence-corrected chi connectivity index (χ4v) is 2.13. The summed E-state index contributed by atoms with van der Waals surface area (Å²) in [6.45, 7) is 0.431. The van der Waals surface area contributed by atoms with Gasteiger partial charge >= 0.3 is 6.18 Å². The molecule has 24 heavy (non-hydrogen) atoms. The molecular weight excluding hydrogens is 368 g/mol. The molecule has 0 aliphatic carbocycles. The number of carbonyl (C=O) groups is 1. The van der Waals surface area contributed by atoms with E-state index >= 15 is 0 Å². The van der Waals surface area contributed by atoms with Crippen LogP contribution in [0.15, 0.2) is 30.6 Å². The quantitative estimate of drug-likeness (QED) is 0.615. The Morgan fingerprint density at radius 1 is 1.17 bits per heavy atom. The molecule has 128 valence electrons. The van der Waals surface area contributed by atoms with Crippen molar-refractivity contribution in [2.45, 2.75) is 6.18 Å². The largest absolute Gasteiger partial charge is 0.417 e. The number of nitrogens with zero attached hydrogens (tertiary/aromatic N) is 2. The van der Waals surface area contributed by atoms with Crippen LogP contribution < -0.4 is 10.6 Å². The second-order valence-corrected chi connectivity index (χ2v) is 5.40. The van der Waals surface area contributed by atoms with Gasteiger partial charge in [-0.05, 0) is 18.2 Å². The van der Waals surface area contributed by atoms with Crippen LogP contribution in [0.4, 0.5) is 19.0 Å². The average molecular weight is 379 g/mol. The Morgan fingerprint density at radius 2 is 1.92 bits per heavy atom. The minimum Gasteiger partial charge on any atom is -0.367 e. The van der Waals surface area contributed by atoms with E-state index in [0.717, 1.165) is 6.07 Å². The number of rotatable bonds is 5. The highest BCUT2D eigenvalue weighted by Gasteiger charge is 2.31. The minimum absolute atomic E-state index is 0.103. The molecule has 0 fully saturated rings. The predicted octanol–water partition coefficient (Wildman–Crippen LogP) is 3.64. The number of alkyl halides is 3. The van der Waals surface area contributed by atoms with Crippen LogP contribution in [0.25, 0.3) is 0 Å². The van der Waals surface area contributed by atoms with Crippen molar-refractivity contribution in [3.8, 4) is 0 Å². The van der Waals surface area contributed by atoms with Crippen molar-refractivity contribution in [3.05, 3.63) is 51.9 Å². The van der Waals surface area contributed by atoms with Crippen molar-refractivity contribution in [2.75, 3.05) is 18.4 Å². The van der Waals surface area contributed by atoms with Crippen LogP contribution in [0.1, 0.15) is 15.9 Å². The van der Waals surface area contributed by atoms with E-state index in [9.17, 15) is 18.0 Å². The maximum atomic E-state index is 12.5. The van der Waals surface area contributed by atoms with Gasteiger partial charge in [-0.1, -0.05) is 23.2 Å². The van der Waals surface area contributed by atoms with Crippen molar-refractivity contribution in [2.24, 2.45) is 0 Å². The van der Waals surface area contributed by atoms with Crippen molar-refractivity contribution < 1.29 is 18.0 Å². The number of pyridine rings is 2. The highest BCUT2D eigenvalue weighted by atomic mass is 35.5. The Kier molecular flexibility index (Phi) is 5.84. The van der Waals surface area contributed by atoms with E-state index in [1.54, 1.807) is 0 Å². The van der Waals surface area contributed by atoms with Crippen LogP contribution in [0.5, 0.6) is 0 Å². The molecule has 0 atom stereocenters. The first-order chi connectivity index (χ1) is 11.3. The van der Waals surface area contributed by atoms with E-state index in [4.69, 9.17) is 23.2 Å². The number of hydrogen-bond donors (Lipinski definition) is 2. The SMILES string of the molecule is O=C(NCCNc1ncc(C(F)(F)F)cc1Cl)c1ccnc(Cl)c1. The second-order valence-electron chi connectivity index (χ2n) is 4.60. The maximum absolute atomic E-state index is 12.5. The summed E-state index contributed by atoms with van der Waals surface area (Å²) in [5.74, 6) is -0.251. The first-order valence-electron chi connectivity index (χ1n) is 6.64. The summed E-state index contributed by atoms with van der Waals surface area (Å²) >= 11 is 11.4. The molecule has 0 saturated carbocycles. The van der Waals surface area contributed by atoms with Crippen LogP contribution in [0.3, 0.4) is 0 Å². The molecule has 2 N–H and O–H groups in total. The van der Waals surface area contributed by atoms with E-state index < -0.39 is 11.7 Å². The fraction of sp³-hybridized carbons (Fsp3) is 0.214. The lowest BCUT2D eigenvalue weighted by Gasteiger charge is -2.11. The normalized spacial score (nSPS) is 11.2. The Bertz CT molecular complexity index is 740. The molecular formula is C14H11Cl2F3N4O. The van der Waals surface area contributed by atoms with Gasteiger partial charge in [-0.3, -0.25) is 4.79 Å². The molecule has 0 radical (unpaired) electrons. The van der Waals surface area contributed by atoms with Crippen molar-refractivity contribution in [3.63, 3.8) is 0 Å². The summed E-state index contributed by atoms with van der Waals surface area (Å²) in [6, 6.07) is 3.70. The molecule has 0 spiro atoms. The smallest absolute Gasteiger partial charge is 0.367 e. The van der Waals surface area contributed by atoms with Gasteiger partial charge in [0.05, 0.1) is 10.6 Å². The summed E-state index contributed by atoms with van der Waals surface area (Å²) in [5, 5.41) is 5.40. The van der Waals surface area contributed by atoms with Gasteiger partial charge in [0, 0.05) is 31.0 Å². The number of aromatic nitrogens is 2. The average Bonchev–Trinajstić information content (AvgIpc) is 2.51. The highest BCUT2D eigenvalue weighted by Crippen LogP contribution is 2.32. The topological polar surface area (TPSA) is 66.9 Å². The molecule has 5 nitrogen and oxygen atoms in total. The van der Waals surface area contributed by atoms with Crippen LogP contribution in [-0.2, 0) is 6.18 Å². The van der Waals surface area contributed by atoms with Crippen molar-refractivity contribution in [1.82, 2.24) is 15.3 Å². The molecule has 2 heterocycles. The summed E-state index contributed by atoms with van der Waals surface area (Å²) in [4.78, 5) is 19.2. The predicted molar refractivity (Wildman–Crippen MR) is 84.3 cm³/mol. The molecule has 10 heteroatoms. The van der Waals surface area contributed by atoms with E-state index in [1.807, 2.05) is 0 Å². The molecule has 0 aliphatic heterocycles. The van der Waals surface area contributed by atoms with Crippen molar-refractivity contribution in [1.29, 1.82) is 0 Å². The van der Waals surface area contributed by atoms with Gasteiger partial charge in [0.2, 0.25) is 0 Å². The molecule has 1 amide bonds. The zero-order valence-electron chi connectivity index (χ0n) is 12.0.